The van der Waals surface area contributed by atoms with Gasteiger partial charge in [-0.25, -0.2) is 4.57 Å². The lowest BCUT2D eigenvalue weighted by Gasteiger charge is -2.26. The fourth-order valence-corrected chi connectivity index (χ4v) is 2.30. The van der Waals surface area contributed by atoms with Crippen molar-refractivity contribution in [1.29, 1.82) is 0 Å². The van der Waals surface area contributed by atoms with Gasteiger partial charge in [0.25, 0.3) is 0 Å². The largest absolute Gasteiger partial charge is 0.408 e. The maximum absolute atomic E-state index is 10.3. The number of aryl methyl sites for hydroxylation is 1. The Morgan fingerprint density at radius 1 is 1.22 bits per heavy atom. The van der Waals surface area contributed by atoms with Crippen molar-refractivity contribution in [3.05, 3.63) is 29.8 Å². The Morgan fingerprint density at radius 2 is 1.94 bits per heavy atom. The summed E-state index contributed by atoms with van der Waals surface area (Å²) in [7, 11) is -0.302. The first kappa shape index (κ1) is 13.5. The summed E-state index contributed by atoms with van der Waals surface area (Å²) in [6.07, 6.45) is 2.22. The molecule has 1 fully saturated rings. The number of hydrogen-bond acceptors (Lipinski definition) is 4. The zero-order chi connectivity index (χ0) is 12.6. The molecule has 0 amide bonds. The Balaban J connectivity index is 1.70. The molecule has 1 aliphatic heterocycles. The second kappa shape index (κ2) is 7.47. The van der Waals surface area contributed by atoms with Crippen LogP contribution < -0.4 is 4.52 Å². The summed E-state index contributed by atoms with van der Waals surface area (Å²) < 4.78 is 20.4. The number of hydrogen-bond donors (Lipinski definition) is 0. The minimum absolute atomic E-state index is 0.302. The fraction of sp³-hybridized carbons (Fsp3) is 0.538. The van der Waals surface area contributed by atoms with Gasteiger partial charge in [0.2, 0.25) is 0 Å². The van der Waals surface area contributed by atoms with E-state index in [1.165, 1.54) is 5.56 Å². The predicted molar refractivity (Wildman–Crippen MR) is 70.3 cm³/mol. The van der Waals surface area contributed by atoms with Gasteiger partial charge in [-0.1, -0.05) is 12.1 Å². The van der Waals surface area contributed by atoms with Crippen LogP contribution in [0.5, 0.6) is 5.75 Å². The Hall–Kier alpha value is -0.960. The molecule has 2 rings (SSSR count). The van der Waals surface area contributed by atoms with Crippen LogP contribution in [-0.4, -0.2) is 37.7 Å². The molecule has 98 valence electrons. The minimum Gasteiger partial charge on any atom is -0.408 e. The molecule has 0 unspecified atom stereocenters. The van der Waals surface area contributed by atoms with Crippen LogP contribution in [0.2, 0.25) is 0 Å². The smallest absolute Gasteiger partial charge is 0.395 e. The van der Waals surface area contributed by atoms with Crippen molar-refractivity contribution in [2.45, 2.75) is 12.8 Å². The molecule has 0 N–H and O–H groups in total. The van der Waals surface area contributed by atoms with E-state index in [2.05, 4.69) is 4.90 Å². The van der Waals surface area contributed by atoms with Gasteiger partial charge in [0.05, 0.1) is 13.2 Å². The highest BCUT2D eigenvalue weighted by Gasteiger charge is 2.09. The Labute approximate surface area is 109 Å². The number of benzene rings is 1. The Bertz CT molecular complexity index is 363. The Kier molecular flexibility index (Phi) is 5.59. The van der Waals surface area contributed by atoms with Crippen LogP contribution in [0.3, 0.4) is 0 Å². The molecule has 0 atom stereocenters. The predicted octanol–water partition coefficient (Wildman–Crippen LogP) is 2.54. The number of nitrogens with zero attached hydrogens (tertiary/aromatic N) is 1. The van der Waals surface area contributed by atoms with E-state index in [-0.39, 0.29) is 8.69 Å². The van der Waals surface area contributed by atoms with Crippen molar-refractivity contribution in [2.24, 2.45) is 0 Å². The molecule has 0 aliphatic carbocycles. The van der Waals surface area contributed by atoms with Gasteiger partial charge in [0, 0.05) is 13.1 Å². The normalized spacial score (nSPS) is 16.9. The standard InChI is InChI=1S/C13H18NO3P/c15-18-17-13-5-3-12(4-6-13)2-1-7-14-8-10-16-11-9-14/h3-6H,1-2,7-11H2. The van der Waals surface area contributed by atoms with Crippen LogP contribution in [0.4, 0.5) is 0 Å². The van der Waals surface area contributed by atoms with Crippen LogP contribution in [0, 0.1) is 0 Å². The maximum Gasteiger partial charge on any atom is 0.395 e. The van der Waals surface area contributed by atoms with Gasteiger partial charge in [0.1, 0.15) is 5.75 Å². The van der Waals surface area contributed by atoms with Crippen molar-refractivity contribution in [2.75, 3.05) is 32.8 Å². The molecule has 5 heteroatoms. The third kappa shape index (κ3) is 4.37. The van der Waals surface area contributed by atoms with Crippen LogP contribution in [0.15, 0.2) is 24.3 Å². The quantitative estimate of drug-likeness (QED) is 0.742. The van der Waals surface area contributed by atoms with Crippen LogP contribution in [-0.2, 0) is 15.7 Å². The van der Waals surface area contributed by atoms with Crippen LogP contribution in [0.25, 0.3) is 0 Å². The molecule has 1 aromatic carbocycles. The number of morpholine rings is 1. The van der Waals surface area contributed by atoms with Crippen molar-refractivity contribution in [1.82, 2.24) is 4.90 Å². The average Bonchev–Trinajstić information content (AvgIpc) is 2.42. The molecule has 1 aliphatic rings. The molecule has 4 nitrogen and oxygen atoms in total. The third-order valence-corrected chi connectivity index (χ3v) is 3.39. The van der Waals surface area contributed by atoms with Crippen molar-refractivity contribution in [3.63, 3.8) is 0 Å². The van der Waals surface area contributed by atoms with Gasteiger partial charge >= 0.3 is 8.69 Å². The third-order valence-electron chi connectivity index (χ3n) is 3.11. The lowest BCUT2D eigenvalue weighted by Crippen LogP contribution is -2.36. The van der Waals surface area contributed by atoms with E-state index in [0.717, 1.165) is 45.7 Å². The molecule has 0 spiro atoms. The zero-order valence-corrected chi connectivity index (χ0v) is 11.3. The lowest BCUT2D eigenvalue weighted by atomic mass is 10.1. The Morgan fingerprint density at radius 3 is 2.61 bits per heavy atom. The molecule has 0 radical (unpaired) electrons. The minimum atomic E-state index is -0.302. The van der Waals surface area contributed by atoms with Gasteiger partial charge in [-0.05, 0) is 37.1 Å². The van der Waals surface area contributed by atoms with Gasteiger partial charge in [-0.15, -0.1) is 0 Å². The molecule has 18 heavy (non-hydrogen) atoms. The van der Waals surface area contributed by atoms with Crippen molar-refractivity contribution in [3.8, 4) is 5.75 Å². The van der Waals surface area contributed by atoms with E-state index in [0.29, 0.717) is 5.75 Å². The van der Waals surface area contributed by atoms with E-state index in [4.69, 9.17) is 9.26 Å². The average molecular weight is 267 g/mol. The number of rotatable bonds is 6. The molecular formula is C13H18NO3P. The summed E-state index contributed by atoms with van der Waals surface area (Å²) in [4.78, 5) is 2.44. The molecule has 0 saturated carbocycles. The summed E-state index contributed by atoms with van der Waals surface area (Å²) in [6, 6.07) is 7.77. The topological polar surface area (TPSA) is 38.8 Å². The molecule has 0 aromatic heterocycles. The van der Waals surface area contributed by atoms with Gasteiger partial charge in [-0.3, -0.25) is 4.90 Å². The van der Waals surface area contributed by atoms with E-state index < -0.39 is 0 Å². The van der Waals surface area contributed by atoms with Gasteiger partial charge < -0.3 is 9.26 Å². The molecule has 1 heterocycles. The van der Waals surface area contributed by atoms with Gasteiger partial charge in [-0.2, -0.15) is 0 Å². The highest BCUT2D eigenvalue weighted by Crippen LogP contribution is 2.16. The van der Waals surface area contributed by atoms with Gasteiger partial charge in [0.15, 0.2) is 0 Å². The van der Waals surface area contributed by atoms with Crippen LogP contribution >= 0.6 is 8.69 Å². The first-order valence-corrected chi connectivity index (χ1v) is 7.00. The summed E-state index contributed by atoms with van der Waals surface area (Å²) in [6.45, 7) is 4.95. The highest BCUT2D eigenvalue weighted by atomic mass is 31.1. The first-order valence-electron chi connectivity index (χ1n) is 6.27. The zero-order valence-electron chi connectivity index (χ0n) is 10.4. The molecular weight excluding hydrogens is 249 g/mol. The molecule has 0 bridgehead atoms. The summed E-state index contributed by atoms with van der Waals surface area (Å²) in [5.74, 6) is 0.642. The van der Waals surface area contributed by atoms with Crippen LogP contribution in [0.1, 0.15) is 12.0 Å². The van der Waals surface area contributed by atoms with E-state index in [9.17, 15) is 4.57 Å². The monoisotopic (exact) mass is 267 g/mol. The highest BCUT2D eigenvalue weighted by molar-refractivity contribution is 7.17. The van der Waals surface area contributed by atoms with Crippen molar-refractivity contribution >= 4 is 8.69 Å². The number of ether oxygens (including phenoxy) is 1. The van der Waals surface area contributed by atoms with E-state index in [1.807, 2.05) is 24.3 Å². The molecule has 1 saturated heterocycles. The second-order valence-corrected chi connectivity index (χ2v) is 4.70. The SMILES string of the molecule is O=POc1ccc(CCCN2CCOCC2)cc1. The van der Waals surface area contributed by atoms with Crippen molar-refractivity contribution < 1.29 is 13.8 Å². The summed E-state index contributed by atoms with van der Waals surface area (Å²) >= 11 is 0. The first-order chi connectivity index (χ1) is 8.88. The second-order valence-electron chi connectivity index (χ2n) is 4.37. The van der Waals surface area contributed by atoms with E-state index >= 15 is 0 Å². The summed E-state index contributed by atoms with van der Waals surface area (Å²) in [5, 5.41) is 0. The fourth-order valence-electron chi connectivity index (χ4n) is 2.09. The molecule has 1 aromatic rings. The summed E-state index contributed by atoms with van der Waals surface area (Å²) in [5.41, 5.74) is 1.29. The van der Waals surface area contributed by atoms with E-state index in [1.54, 1.807) is 0 Å². The maximum atomic E-state index is 10.3. The lowest BCUT2D eigenvalue weighted by molar-refractivity contribution is 0.0375.